The number of nitrogens with one attached hydrogen (secondary N) is 2. The van der Waals surface area contributed by atoms with Gasteiger partial charge in [0, 0.05) is 13.1 Å². The molecular weight excluding hydrogens is 328 g/mol. The highest BCUT2D eigenvalue weighted by molar-refractivity contribution is 6.33. The smallest absolute Gasteiger partial charge is 0.252 e. The maximum Gasteiger partial charge on any atom is 0.252 e. The molecule has 0 atom stereocenters. The molecule has 0 aliphatic carbocycles. The van der Waals surface area contributed by atoms with Gasteiger partial charge in [0.15, 0.2) is 0 Å². The van der Waals surface area contributed by atoms with Crippen molar-refractivity contribution in [3.63, 3.8) is 0 Å². The van der Waals surface area contributed by atoms with E-state index in [1.165, 1.54) is 0 Å². The zero-order chi connectivity index (χ0) is 17.4. The summed E-state index contributed by atoms with van der Waals surface area (Å²) in [4.78, 5) is 23.8. The fraction of sp³-hybridized carbons (Fsp3) is 0.222. The Balaban J connectivity index is 1.70. The van der Waals surface area contributed by atoms with E-state index in [1.54, 1.807) is 31.4 Å². The summed E-state index contributed by atoms with van der Waals surface area (Å²) in [6.45, 7) is 0.684. The number of rotatable bonds is 7. The molecular formula is C18H19ClN2O3. The molecule has 0 radical (unpaired) electrons. The lowest BCUT2D eigenvalue weighted by molar-refractivity contribution is -0.120. The average Bonchev–Trinajstić information content (AvgIpc) is 2.59. The molecule has 0 fully saturated rings. The zero-order valence-corrected chi connectivity index (χ0v) is 14.1. The van der Waals surface area contributed by atoms with Gasteiger partial charge in [-0.25, -0.2) is 0 Å². The van der Waals surface area contributed by atoms with Crippen LogP contribution < -0.4 is 15.4 Å². The second kappa shape index (κ2) is 8.93. The predicted octanol–water partition coefficient (Wildman–Crippen LogP) is 2.44. The lowest BCUT2D eigenvalue weighted by Gasteiger charge is -2.08. The van der Waals surface area contributed by atoms with Crippen LogP contribution in [0, 0.1) is 0 Å². The normalized spacial score (nSPS) is 10.1. The second-order valence-electron chi connectivity index (χ2n) is 5.11. The van der Waals surface area contributed by atoms with Crippen molar-refractivity contribution < 1.29 is 14.3 Å². The zero-order valence-electron chi connectivity index (χ0n) is 13.3. The third kappa shape index (κ3) is 5.28. The first-order valence-electron chi connectivity index (χ1n) is 7.52. The molecule has 2 aromatic rings. The Kier molecular flexibility index (Phi) is 6.63. The Morgan fingerprint density at radius 3 is 2.33 bits per heavy atom. The number of halogens is 1. The molecule has 6 heteroatoms. The summed E-state index contributed by atoms with van der Waals surface area (Å²) in [5, 5.41) is 5.88. The maximum atomic E-state index is 11.9. The summed E-state index contributed by atoms with van der Waals surface area (Å²) < 4.78 is 5.07. The van der Waals surface area contributed by atoms with E-state index in [2.05, 4.69) is 10.6 Å². The number of amides is 2. The fourth-order valence-electron chi connectivity index (χ4n) is 2.11. The summed E-state index contributed by atoms with van der Waals surface area (Å²) in [5.74, 6) is 0.388. The molecule has 2 amide bonds. The summed E-state index contributed by atoms with van der Waals surface area (Å²) in [6, 6.07) is 14.1. The lowest BCUT2D eigenvalue weighted by Crippen LogP contribution is -2.35. The Labute approximate surface area is 146 Å². The predicted molar refractivity (Wildman–Crippen MR) is 93.5 cm³/mol. The number of carbonyl (C=O) groups is 2. The first-order valence-corrected chi connectivity index (χ1v) is 7.90. The molecule has 0 unspecified atom stereocenters. The van der Waals surface area contributed by atoms with Crippen LogP contribution in [-0.4, -0.2) is 32.0 Å². The molecule has 126 valence electrons. The van der Waals surface area contributed by atoms with E-state index in [9.17, 15) is 9.59 Å². The highest BCUT2D eigenvalue weighted by atomic mass is 35.5. The van der Waals surface area contributed by atoms with Gasteiger partial charge in [0.2, 0.25) is 5.91 Å². The van der Waals surface area contributed by atoms with Gasteiger partial charge >= 0.3 is 0 Å². The van der Waals surface area contributed by atoms with Crippen molar-refractivity contribution >= 4 is 23.4 Å². The summed E-state index contributed by atoms with van der Waals surface area (Å²) in [7, 11) is 1.60. The van der Waals surface area contributed by atoms with Gasteiger partial charge in [-0.1, -0.05) is 35.9 Å². The van der Waals surface area contributed by atoms with Crippen LogP contribution in [0.3, 0.4) is 0 Å². The van der Waals surface area contributed by atoms with E-state index in [-0.39, 0.29) is 18.2 Å². The van der Waals surface area contributed by atoms with Gasteiger partial charge in [-0.3, -0.25) is 9.59 Å². The molecule has 0 saturated carbocycles. The van der Waals surface area contributed by atoms with Crippen LogP contribution in [0.1, 0.15) is 15.9 Å². The molecule has 0 aromatic heterocycles. The standard InChI is InChI=1S/C18H19ClN2O3/c1-24-14-8-6-13(7-9-14)12-17(22)20-10-11-21-18(23)15-4-2-3-5-16(15)19/h2-9H,10-12H2,1H3,(H,20,22)(H,21,23). The highest BCUT2D eigenvalue weighted by Gasteiger charge is 2.09. The first kappa shape index (κ1) is 17.8. The quantitative estimate of drug-likeness (QED) is 0.757. The minimum Gasteiger partial charge on any atom is -0.497 e. The topological polar surface area (TPSA) is 67.4 Å². The van der Waals surface area contributed by atoms with Crippen LogP contribution in [0.4, 0.5) is 0 Å². The van der Waals surface area contributed by atoms with Crippen molar-refractivity contribution in [2.75, 3.05) is 20.2 Å². The lowest BCUT2D eigenvalue weighted by atomic mass is 10.1. The number of methoxy groups -OCH3 is 1. The first-order chi connectivity index (χ1) is 11.6. The third-order valence-electron chi connectivity index (χ3n) is 3.37. The van der Waals surface area contributed by atoms with Crippen LogP contribution in [0.2, 0.25) is 5.02 Å². The average molecular weight is 347 g/mol. The molecule has 0 spiro atoms. The Hall–Kier alpha value is -2.53. The monoisotopic (exact) mass is 346 g/mol. The van der Waals surface area contributed by atoms with Crippen molar-refractivity contribution in [1.82, 2.24) is 10.6 Å². The maximum absolute atomic E-state index is 11.9. The van der Waals surface area contributed by atoms with Gasteiger partial charge in [0.25, 0.3) is 5.91 Å². The van der Waals surface area contributed by atoms with Gasteiger partial charge in [0.1, 0.15) is 5.75 Å². The molecule has 0 heterocycles. The van der Waals surface area contributed by atoms with E-state index in [0.717, 1.165) is 11.3 Å². The van der Waals surface area contributed by atoms with Gasteiger partial charge < -0.3 is 15.4 Å². The van der Waals surface area contributed by atoms with Crippen molar-refractivity contribution in [3.8, 4) is 5.75 Å². The number of hydrogen-bond acceptors (Lipinski definition) is 3. The number of benzene rings is 2. The van der Waals surface area contributed by atoms with E-state index < -0.39 is 0 Å². The third-order valence-corrected chi connectivity index (χ3v) is 3.70. The SMILES string of the molecule is COc1ccc(CC(=O)NCCNC(=O)c2ccccc2Cl)cc1. The molecule has 2 N–H and O–H groups in total. The highest BCUT2D eigenvalue weighted by Crippen LogP contribution is 2.14. The Morgan fingerprint density at radius 2 is 1.67 bits per heavy atom. The van der Waals surface area contributed by atoms with Gasteiger partial charge in [-0.05, 0) is 29.8 Å². The van der Waals surface area contributed by atoms with Crippen LogP contribution >= 0.6 is 11.6 Å². The number of carbonyl (C=O) groups excluding carboxylic acids is 2. The summed E-state index contributed by atoms with van der Waals surface area (Å²) in [6.07, 6.45) is 0.280. The van der Waals surface area contributed by atoms with Crippen molar-refractivity contribution in [1.29, 1.82) is 0 Å². The molecule has 0 aliphatic heterocycles. The Bertz CT molecular complexity index is 702. The molecule has 2 aromatic carbocycles. The summed E-state index contributed by atoms with van der Waals surface area (Å²) in [5.41, 5.74) is 1.32. The van der Waals surface area contributed by atoms with Gasteiger partial charge in [-0.15, -0.1) is 0 Å². The Morgan fingerprint density at radius 1 is 1.00 bits per heavy atom. The van der Waals surface area contributed by atoms with Crippen molar-refractivity contribution in [2.24, 2.45) is 0 Å². The fourth-order valence-corrected chi connectivity index (χ4v) is 2.33. The van der Waals surface area contributed by atoms with Crippen LogP contribution in [0.5, 0.6) is 5.75 Å². The molecule has 5 nitrogen and oxygen atoms in total. The molecule has 24 heavy (non-hydrogen) atoms. The van der Waals surface area contributed by atoms with Gasteiger partial charge in [-0.2, -0.15) is 0 Å². The van der Waals surface area contributed by atoms with E-state index in [0.29, 0.717) is 23.7 Å². The summed E-state index contributed by atoms with van der Waals surface area (Å²) >= 11 is 5.95. The second-order valence-corrected chi connectivity index (χ2v) is 5.52. The number of hydrogen-bond donors (Lipinski definition) is 2. The molecule has 0 aliphatic rings. The molecule has 0 saturated heterocycles. The minimum absolute atomic E-state index is 0.104. The van der Waals surface area contributed by atoms with Crippen molar-refractivity contribution in [3.05, 3.63) is 64.7 Å². The van der Waals surface area contributed by atoms with E-state index in [1.807, 2.05) is 24.3 Å². The van der Waals surface area contributed by atoms with Crippen LogP contribution in [0.15, 0.2) is 48.5 Å². The molecule has 0 bridgehead atoms. The largest absolute Gasteiger partial charge is 0.497 e. The minimum atomic E-state index is -0.259. The van der Waals surface area contributed by atoms with Crippen LogP contribution in [0.25, 0.3) is 0 Å². The van der Waals surface area contributed by atoms with Gasteiger partial charge in [0.05, 0.1) is 24.1 Å². The van der Waals surface area contributed by atoms with Crippen molar-refractivity contribution in [2.45, 2.75) is 6.42 Å². The number of ether oxygens (including phenoxy) is 1. The van der Waals surface area contributed by atoms with Crippen LogP contribution in [-0.2, 0) is 11.2 Å². The van der Waals surface area contributed by atoms with E-state index >= 15 is 0 Å². The molecule has 2 rings (SSSR count). The van der Waals surface area contributed by atoms with E-state index in [4.69, 9.17) is 16.3 Å².